The molecule has 0 N–H and O–H groups in total. The van der Waals surface area contributed by atoms with Gasteiger partial charge in [-0.1, -0.05) is 54.2 Å². The van der Waals surface area contributed by atoms with Gasteiger partial charge in [0.1, 0.15) is 0 Å². The van der Waals surface area contributed by atoms with Gasteiger partial charge >= 0.3 is 0 Å². The average Bonchev–Trinajstić information content (AvgIpc) is 3.11. The number of amides is 1. The van der Waals surface area contributed by atoms with E-state index in [0.717, 1.165) is 11.1 Å². The average molecular weight is 353 g/mol. The SMILES string of the molecule is Cc1ccccc1CN(C)C(=O)CSc1nnc(-c2ccccc2)o1. The minimum absolute atomic E-state index is 0.0210. The molecule has 3 aromatic rings. The first kappa shape index (κ1) is 17.2. The van der Waals surface area contributed by atoms with Crippen molar-refractivity contribution in [1.82, 2.24) is 15.1 Å². The van der Waals surface area contributed by atoms with Crippen LogP contribution in [0.15, 0.2) is 64.2 Å². The van der Waals surface area contributed by atoms with Gasteiger partial charge in [0.15, 0.2) is 0 Å². The monoisotopic (exact) mass is 353 g/mol. The fraction of sp³-hybridized carbons (Fsp3) is 0.211. The van der Waals surface area contributed by atoms with Gasteiger partial charge in [-0.05, 0) is 30.2 Å². The van der Waals surface area contributed by atoms with Gasteiger partial charge in [-0.2, -0.15) is 0 Å². The van der Waals surface area contributed by atoms with Crippen molar-refractivity contribution in [3.63, 3.8) is 0 Å². The number of hydrogen-bond donors (Lipinski definition) is 0. The Morgan fingerprint density at radius 3 is 2.56 bits per heavy atom. The largest absolute Gasteiger partial charge is 0.411 e. The van der Waals surface area contributed by atoms with Gasteiger partial charge in [-0.15, -0.1) is 10.2 Å². The smallest absolute Gasteiger partial charge is 0.277 e. The number of benzene rings is 2. The van der Waals surface area contributed by atoms with Crippen LogP contribution in [-0.4, -0.2) is 33.8 Å². The van der Waals surface area contributed by atoms with Crippen molar-refractivity contribution in [2.45, 2.75) is 18.7 Å². The topological polar surface area (TPSA) is 59.2 Å². The molecule has 0 aliphatic rings. The second-order valence-corrected chi connectivity index (χ2v) is 6.63. The van der Waals surface area contributed by atoms with E-state index in [4.69, 9.17) is 4.42 Å². The first-order chi connectivity index (χ1) is 12.1. The number of hydrogen-bond acceptors (Lipinski definition) is 5. The molecule has 25 heavy (non-hydrogen) atoms. The zero-order valence-electron chi connectivity index (χ0n) is 14.2. The van der Waals surface area contributed by atoms with E-state index >= 15 is 0 Å². The highest BCUT2D eigenvalue weighted by Gasteiger charge is 2.14. The lowest BCUT2D eigenvalue weighted by molar-refractivity contribution is -0.127. The van der Waals surface area contributed by atoms with E-state index in [2.05, 4.69) is 10.2 Å². The van der Waals surface area contributed by atoms with Gasteiger partial charge in [0.05, 0.1) is 5.75 Å². The predicted octanol–water partition coefficient (Wildman–Crippen LogP) is 3.80. The summed E-state index contributed by atoms with van der Waals surface area (Å²) < 4.78 is 5.61. The number of rotatable bonds is 6. The van der Waals surface area contributed by atoms with Crippen molar-refractivity contribution >= 4 is 17.7 Å². The summed E-state index contributed by atoms with van der Waals surface area (Å²) in [7, 11) is 1.80. The Balaban J connectivity index is 1.55. The van der Waals surface area contributed by atoms with E-state index in [1.165, 1.54) is 17.3 Å². The van der Waals surface area contributed by atoms with E-state index in [1.807, 2.05) is 61.5 Å². The van der Waals surface area contributed by atoms with Crippen molar-refractivity contribution in [1.29, 1.82) is 0 Å². The normalized spacial score (nSPS) is 10.6. The molecule has 1 aromatic heterocycles. The second-order valence-electron chi connectivity index (χ2n) is 5.70. The number of aryl methyl sites for hydroxylation is 1. The van der Waals surface area contributed by atoms with Crippen LogP contribution in [-0.2, 0) is 11.3 Å². The first-order valence-electron chi connectivity index (χ1n) is 7.93. The molecule has 0 saturated heterocycles. The zero-order valence-corrected chi connectivity index (χ0v) is 15.0. The summed E-state index contributed by atoms with van der Waals surface area (Å²) in [5.74, 6) is 0.746. The molecule has 0 bridgehead atoms. The molecular weight excluding hydrogens is 334 g/mol. The number of thioether (sulfide) groups is 1. The highest BCUT2D eigenvalue weighted by molar-refractivity contribution is 7.99. The molecule has 3 rings (SSSR count). The van der Waals surface area contributed by atoms with Crippen molar-refractivity contribution in [2.75, 3.05) is 12.8 Å². The fourth-order valence-corrected chi connectivity index (χ4v) is 3.03. The van der Waals surface area contributed by atoms with Crippen LogP contribution in [0.1, 0.15) is 11.1 Å². The summed E-state index contributed by atoms with van der Waals surface area (Å²) in [6.07, 6.45) is 0. The number of carbonyl (C=O) groups excluding carboxylic acids is 1. The van der Waals surface area contributed by atoms with Gasteiger partial charge < -0.3 is 9.32 Å². The van der Waals surface area contributed by atoms with Crippen molar-refractivity contribution < 1.29 is 9.21 Å². The quantitative estimate of drug-likeness (QED) is 0.631. The molecule has 0 saturated carbocycles. The van der Waals surface area contributed by atoms with Gasteiger partial charge in [0.2, 0.25) is 11.8 Å². The summed E-state index contributed by atoms with van der Waals surface area (Å²) in [5.41, 5.74) is 3.19. The molecule has 0 atom stereocenters. The Morgan fingerprint density at radius 1 is 1.08 bits per heavy atom. The van der Waals surface area contributed by atoms with Crippen molar-refractivity contribution in [2.24, 2.45) is 0 Å². The second kappa shape index (κ2) is 7.98. The maximum absolute atomic E-state index is 12.3. The van der Waals surface area contributed by atoms with Crippen LogP contribution >= 0.6 is 11.8 Å². The Morgan fingerprint density at radius 2 is 1.80 bits per heavy atom. The molecule has 128 valence electrons. The van der Waals surface area contributed by atoms with Crippen LogP contribution in [0.4, 0.5) is 0 Å². The molecule has 5 nitrogen and oxygen atoms in total. The summed E-state index contributed by atoms with van der Waals surface area (Å²) in [5, 5.41) is 8.42. The first-order valence-corrected chi connectivity index (χ1v) is 8.92. The molecule has 6 heteroatoms. The fourth-order valence-electron chi connectivity index (χ4n) is 2.33. The number of nitrogens with zero attached hydrogens (tertiary/aromatic N) is 3. The van der Waals surface area contributed by atoms with E-state index < -0.39 is 0 Å². The third kappa shape index (κ3) is 4.48. The highest BCUT2D eigenvalue weighted by Crippen LogP contribution is 2.23. The summed E-state index contributed by atoms with van der Waals surface area (Å²) in [6, 6.07) is 17.6. The van der Waals surface area contributed by atoms with Crippen molar-refractivity contribution in [3.8, 4) is 11.5 Å². The molecule has 0 fully saturated rings. The number of aromatic nitrogens is 2. The molecule has 1 amide bonds. The van der Waals surface area contributed by atoms with Gasteiger partial charge in [-0.25, -0.2) is 0 Å². The third-order valence-corrected chi connectivity index (χ3v) is 4.64. The maximum atomic E-state index is 12.3. The van der Waals surface area contributed by atoms with Gasteiger partial charge in [0.25, 0.3) is 5.22 Å². The van der Waals surface area contributed by atoms with E-state index in [9.17, 15) is 4.79 Å². The minimum Gasteiger partial charge on any atom is -0.411 e. The maximum Gasteiger partial charge on any atom is 0.277 e. The van der Waals surface area contributed by atoms with E-state index in [1.54, 1.807) is 11.9 Å². The van der Waals surface area contributed by atoms with Crippen LogP contribution < -0.4 is 0 Å². The molecule has 0 radical (unpaired) electrons. The van der Waals surface area contributed by atoms with Crippen LogP contribution in [0.3, 0.4) is 0 Å². The Bertz CT molecular complexity index is 849. The zero-order chi connectivity index (χ0) is 17.6. The van der Waals surface area contributed by atoms with Crippen molar-refractivity contribution in [3.05, 3.63) is 65.7 Å². The predicted molar refractivity (Wildman–Crippen MR) is 98.1 cm³/mol. The van der Waals surface area contributed by atoms with E-state index in [0.29, 0.717) is 17.7 Å². The molecule has 0 spiro atoms. The lowest BCUT2D eigenvalue weighted by atomic mass is 10.1. The van der Waals surface area contributed by atoms with Crippen LogP contribution in [0.5, 0.6) is 0 Å². The molecule has 1 heterocycles. The Labute approximate surface area is 151 Å². The molecular formula is C19H19N3O2S. The van der Waals surface area contributed by atoms with Gasteiger partial charge in [0, 0.05) is 19.2 Å². The van der Waals surface area contributed by atoms with Crippen LogP contribution in [0.2, 0.25) is 0 Å². The standard InChI is InChI=1S/C19H19N3O2S/c1-14-8-6-7-11-16(14)12-22(2)17(23)13-25-19-21-20-18(24-19)15-9-4-3-5-10-15/h3-11H,12-13H2,1-2H3. The Hall–Kier alpha value is -2.60. The Kier molecular flexibility index (Phi) is 5.50. The van der Waals surface area contributed by atoms with Crippen LogP contribution in [0.25, 0.3) is 11.5 Å². The van der Waals surface area contributed by atoms with Gasteiger partial charge in [-0.3, -0.25) is 4.79 Å². The minimum atomic E-state index is 0.0210. The molecule has 0 unspecified atom stereocenters. The summed E-state index contributed by atoms with van der Waals surface area (Å²) in [6.45, 7) is 2.64. The summed E-state index contributed by atoms with van der Waals surface area (Å²) in [4.78, 5) is 14.0. The lowest BCUT2D eigenvalue weighted by Crippen LogP contribution is -2.28. The highest BCUT2D eigenvalue weighted by atomic mass is 32.2. The van der Waals surface area contributed by atoms with E-state index in [-0.39, 0.29) is 11.7 Å². The molecule has 0 aliphatic carbocycles. The lowest BCUT2D eigenvalue weighted by Gasteiger charge is -2.17. The third-order valence-electron chi connectivity index (χ3n) is 3.84. The number of carbonyl (C=O) groups is 1. The summed E-state index contributed by atoms with van der Waals surface area (Å²) >= 11 is 1.26. The van der Waals surface area contributed by atoms with Crippen LogP contribution in [0, 0.1) is 6.92 Å². The molecule has 0 aliphatic heterocycles. The molecule has 2 aromatic carbocycles.